The Kier molecular flexibility index (Phi) is 1.89. The summed E-state index contributed by atoms with van der Waals surface area (Å²) in [5.41, 5.74) is 0.709. The molecule has 0 saturated carbocycles. The molecular formula is C11H6F3N3. The molecule has 0 atom stereocenters. The number of pyridine rings is 1. The first-order valence-electron chi connectivity index (χ1n) is 4.85. The molecule has 3 rings (SSSR count). The zero-order valence-corrected chi connectivity index (χ0v) is 8.42. The quantitative estimate of drug-likeness (QED) is 0.652. The zero-order valence-electron chi connectivity index (χ0n) is 8.42. The van der Waals surface area contributed by atoms with Crippen LogP contribution in [0.1, 0.15) is 5.56 Å². The van der Waals surface area contributed by atoms with Gasteiger partial charge in [-0.25, -0.2) is 9.97 Å². The molecule has 0 aliphatic heterocycles. The number of halogens is 3. The number of hydrogen-bond acceptors (Lipinski definition) is 2. The third-order valence-electron chi connectivity index (χ3n) is 2.53. The predicted molar refractivity (Wildman–Crippen MR) is 56.4 cm³/mol. The smallest absolute Gasteiger partial charge is 0.343 e. The minimum Gasteiger partial charge on any atom is -0.343 e. The minimum absolute atomic E-state index is 0.291. The molecule has 2 heterocycles. The Morgan fingerprint density at radius 2 is 1.94 bits per heavy atom. The van der Waals surface area contributed by atoms with Gasteiger partial charge >= 0.3 is 6.18 Å². The largest absolute Gasteiger partial charge is 0.416 e. The molecule has 2 aromatic heterocycles. The van der Waals surface area contributed by atoms with E-state index in [0.717, 1.165) is 12.1 Å². The molecule has 0 radical (unpaired) electrons. The van der Waals surface area contributed by atoms with Gasteiger partial charge in [-0.1, -0.05) is 6.07 Å². The summed E-state index contributed by atoms with van der Waals surface area (Å²) in [5.74, 6) is 0. The number of nitrogens with zero attached hydrogens (tertiary/aromatic N) is 2. The first-order chi connectivity index (χ1) is 8.04. The summed E-state index contributed by atoms with van der Waals surface area (Å²) >= 11 is 0. The van der Waals surface area contributed by atoms with E-state index in [1.54, 1.807) is 6.07 Å². The van der Waals surface area contributed by atoms with Crippen LogP contribution in [-0.2, 0) is 6.18 Å². The van der Waals surface area contributed by atoms with Gasteiger partial charge in [0.15, 0.2) is 5.65 Å². The van der Waals surface area contributed by atoms with Gasteiger partial charge in [0.05, 0.1) is 22.9 Å². The van der Waals surface area contributed by atoms with Gasteiger partial charge in [0.25, 0.3) is 0 Å². The molecule has 3 aromatic rings. The van der Waals surface area contributed by atoms with Crippen LogP contribution in [-0.4, -0.2) is 15.0 Å². The Morgan fingerprint density at radius 1 is 1.12 bits per heavy atom. The lowest BCUT2D eigenvalue weighted by Gasteiger charge is -2.07. The van der Waals surface area contributed by atoms with E-state index in [1.807, 2.05) is 0 Å². The number of H-pyrrole nitrogens is 1. The highest BCUT2D eigenvalue weighted by molar-refractivity contribution is 5.89. The summed E-state index contributed by atoms with van der Waals surface area (Å²) in [7, 11) is 0. The fraction of sp³-hybridized carbons (Fsp3) is 0.0909. The van der Waals surface area contributed by atoms with Gasteiger partial charge in [-0.15, -0.1) is 0 Å². The second-order valence-corrected chi connectivity index (χ2v) is 3.67. The van der Waals surface area contributed by atoms with Crippen LogP contribution < -0.4 is 0 Å². The number of benzene rings is 1. The van der Waals surface area contributed by atoms with Crippen molar-refractivity contribution in [1.29, 1.82) is 0 Å². The molecule has 0 spiro atoms. The highest BCUT2D eigenvalue weighted by Gasteiger charge is 2.30. The highest BCUT2D eigenvalue weighted by atomic mass is 19.4. The van der Waals surface area contributed by atoms with Crippen LogP contribution in [0, 0.1) is 0 Å². The van der Waals surface area contributed by atoms with E-state index >= 15 is 0 Å². The molecule has 0 bridgehead atoms. The van der Waals surface area contributed by atoms with Crippen molar-refractivity contribution in [2.75, 3.05) is 0 Å². The summed E-state index contributed by atoms with van der Waals surface area (Å²) in [4.78, 5) is 10.8. The van der Waals surface area contributed by atoms with Crippen LogP contribution in [0.2, 0.25) is 0 Å². The number of aromatic amines is 1. The van der Waals surface area contributed by atoms with E-state index in [-0.39, 0.29) is 0 Å². The Hall–Kier alpha value is -2.11. The third kappa shape index (κ3) is 1.61. The van der Waals surface area contributed by atoms with Crippen molar-refractivity contribution in [3.05, 3.63) is 36.2 Å². The molecular weight excluding hydrogens is 231 g/mol. The van der Waals surface area contributed by atoms with E-state index in [0.29, 0.717) is 22.1 Å². The van der Waals surface area contributed by atoms with Gasteiger partial charge in [0.1, 0.15) is 0 Å². The number of aromatic nitrogens is 3. The lowest BCUT2D eigenvalue weighted by molar-refractivity contribution is -0.137. The molecule has 1 aromatic carbocycles. The molecule has 3 nitrogen and oxygen atoms in total. The number of hydrogen-bond donors (Lipinski definition) is 1. The van der Waals surface area contributed by atoms with E-state index in [2.05, 4.69) is 15.0 Å². The summed E-state index contributed by atoms with van der Waals surface area (Å²) in [6, 6.07) is 5.21. The summed E-state index contributed by atoms with van der Waals surface area (Å²) < 4.78 is 37.6. The average Bonchev–Trinajstić information content (AvgIpc) is 2.70. The van der Waals surface area contributed by atoms with E-state index in [1.165, 1.54) is 12.4 Å². The second kappa shape index (κ2) is 3.19. The number of nitrogens with one attached hydrogen (secondary N) is 1. The van der Waals surface area contributed by atoms with Crippen LogP contribution in [0.5, 0.6) is 0 Å². The molecule has 0 aliphatic carbocycles. The molecule has 17 heavy (non-hydrogen) atoms. The SMILES string of the molecule is FC(F)(F)c1ccc2cc3[nH]cnc3nc2c1. The Bertz CT molecular complexity index is 700. The van der Waals surface area contributed by atoms with E-state index in [4.69, 9.17) is 0 Å². The maximum Gasteiger partial charge on any atom is 0.416 e. The van der Waals surface area contributed by atoms with Crippen molar-refractivity contribution in [3.8, 4) is 0 Å². The summed E-state index contributed by atoms with van der Waals surface area (Å²) in [6.45, 7) is 0. The first-order valence-corrected chi connectivity index (χ1v) is 4.85. The van der Waals surface area contributed by atoms with Crippen molar-refractivity contribution in [2.45, 2.75) is 6.18 Å². The van der Waals surface area contributed by atoms with Gasteiger partial charge in [0.2, 0.25) is 0 Å². The molecule has 0 aliphatic rings. The number of imidazole rings is 1. The van der Waals surface area contributed by atoms with E-state index < -0.39 is 11.7 Å². The van der Waals surface area contributed by atoms with Crippen molar-refractivity contribution in [3.63, 3.8) is 0 Å². The molecule has 0 fully saturated rings. The lowest BCUT2D eigenvalue weighted by Crippen LogP contribution is -2.04. The van der Waals surface area contributed by atoms with Crippen LogP contribution >= 0.6 is 0 Å². The fourth-order valence-electron chi connectivity index (χ4n) is 1.70. The van der Waals surface area contributed by atoms with Crippen molar-refractivity contribution >= 4 is 22.1 Å². The molecule has 6 heteroatoms. The first kappa shape index (κ1) is 10.1. The maximum absolute atomic E-state index is 12.5. The Balaban J connectivity index is 2.31. The molecule has 0 saturated heterocycles. The molecule has 86 valence electrons. The predicted octanol–water partition coefficient (Wildman–Crippen LogP) is 3.13. The topological polar surface area (TPSA) is 41.6 Å². The van der Waals surface area contributed by atoms with Crippen molar-refractivity contribution < 1.29 is 13.2 Å². The number of fused-ring (bicyclic) bond motifs is 2. The zero-order chi connectivity index (χ0) is 12.0. The van der Waals surface area contributed by atoms with Crippen LogP contribution in [0.3, 0.4) is 0 Å². The number of rotatable bonds is 0. The lowest BCUT2D eigenvalue weighted by atomic mass is 10.1. The monoisotopic (exact) mass is 237 g/mol. The molecule has 1 N–H and O–H groups in total. The van der Waals surface area contributed by atoms with E-state index in [9.17, 15) is 13.2 Å². The normalized spacial score (nSPS) is 12.4. The Morgan fingerprint density at radius 3 is 2.71 bits per heavy atom. The van der Waals surface area contributed by atoms with Gasteiger partial charge in [-0.05, 0) is 18.2 Å². The third-order valence-corrected chi connectivity index (χ3v) is 2.53. The van der Waals surface area contributed by atoms with Gasteiger partial charge in [-0.2, -0.15) is 13.2 Å². The molecule has 0 unspecified atom stereocenters. The minimum atomic E-state index is -4.35. The fourth-order valence-corrected chi connectivity index (χ4v) is 1.70. The van der Waals surface area contributed by atoms with Gasteiger partial charge in [-0.3, -0.25) is 0 Å². The second-order valence-electron chi connectivity index (χ2n) is 3.67. The average molecular weight is 237 g/mol. The van der Waals surface area contributed by atoms with Crippen LogP contribution in [0.4, 0.5) is 13.2 Å². The summed E-state index contributed by atoms with van der Waals surface area (Å²) in [5, 5.41) is 0.648. The Labute approximate surface area is 93.3 Å². The van der Waals surface area contributed by atoms with Crippen molar-refractivity contribution in [1.82, 2.24) is 15.0 Å². The highest BCUT2D eigenvalue weighted by Crippen LogP contribution is 2.31. The maximum atomic E-state index is 12.5. The summed E-state index contributed by atoms with van der Waals surface area (Å²) in [6.07, 6.45) is -2.89. The van der Waals surface area contributed by atoms with Gasteiger partial charge in [0, 0.05) is 5.39 Å². The van der Waals surface area contributed by atoms with Gasteiger partial charge < -0.3 is 4.98 Å². The van der Waals surface area contributed by atoms with Crippen LogP contribution in [0.15, 0.2) is 30.6 Å². The standard InChI is InChI=1S/C11H6F3N3/c12-11(13,14)7-2-1-6-3-9-10(16-5-15-9)17-8(6)4-7/h1-5H,(H,15,16,17). The number of alkyl halides is 3. The van der Waals surface area contributed by atoms with Crippen molar-refractivity contribution in [2.24, 2.45) is 0 Å². The molecule has 0 amide bonds. The van der Waals surface area contributed by atoms with Crippen LogP contribution in [0.25, 0.3) is 22.1 Å².